The zero-order chi connectivity index (χ0) is 11.5. The summed E-state index contributed by atoms with van der Waals surface area (Å²) in [5.41, 5.74) is 0. The average Bonchev–Trinajstić information content (AvgIpc) is 2.82. The highest BCUT2D eigenvalue weighted by atomic mass is 16.3. The maximum absolute atomic E-state index is 11.3. The largest absolute Gasteiger partial charge is 0.395 e. The van der Waals surface area contributed by atoms with E-state index in [-0.39, 0.29) is 18.7 Å². The van der Waals surface area contributed by atoms with Crippen molar-refractivity contribution in [1.82, 2.24) is 15.1 Å². The summed E-state index contributed by atoms with van der Waals surface area (Å²) in [5, 5.41) is 12.1. The molecule has 2 fully saturated rings. The molecular weight excluding hydrogens is 206 g/mol. The summed E-state index contributed by atoms with van der Waals surface area (Å²) < 4.78 is 0. The van der Waals surface area contributed by atoms with Gasteiger partial charge in [0.25, 0.3) is 0 Å². The fourth-order valence-electron chi connectivity index (χ4n) is 2.63. The number of hydrogen-bond acceptors (Lipinski definition) is 3. The molecule has 16 heavy (non-hydrogen) atoms. The minimum absolute atomic E-state index is 0.0489. The van der Waals surface area contributed by atoms with Crippen LogP contribution in [0.15, 0.2) is 0 Å². The number of amides is 2. The second-order valence-corrected chi connectivity index (χ2v) is 4.77. The van der Waals surface area contributed by atoms with Crippen LogP contribution in [-0.4, -0.2) is 66.3 Å². The van der Waals surface area contributed by atoms with Gasteiger partial charge in [-0.05, 0) is 18.9 Å². The Hall–Kier alpha value is -0.810. The van der Waals surface area contributed by atoms with E-state index in [0.717, 1.165) is 39.1 Å². The van der Waals surface area contributed by atoms with Gasteiger partial charge in [0.15, 0.2) is 0 Å². The van der Waals surface area contributed by atoms with Crippen LogP contribution in [0.5, 0.6) is 0 Å². The predicted octanol–water partition coefficient (Wildman–Crippen LogP) is -0.286. The van der Waals surface area contributed by atoms with E-state index in [1.54, 1.807) is 0 Å². The molecule has 0 aromatic carbocycles. The molecule has 5 nitrogen and oxygen atoms in total. The van der Waals surface area contributed by atoms with Crippen molar-refractivity contribution in [2.45, 2.75) is 19.4 Å². The summed E-state index contributed by atoms with van der Waals surface area (Å²) in [5.74, 6) is 0.567. The molecule has 2 aliphatic rings. The van der Waals surface area contributed by atoms with E-state index in [4.69, 9.17) is 0 Å². The van der Waals surface area contributed by atoms with Gasteiger partial charge in [0.2, 0.25) is 0 Å². The number of carbonyl (C=O) groups is 1. The van der Waals surface area contributed by atoms with Crippen LogP contribution in [0.25, 0.3) is 0 Å². The smallest absolute Gasteiger partial charge is 0.317 e. The van der Waals surface area contributed by atoms with Crippen LogP contribution in [0, 0.1) is 5.92 Å². The lowest BCUT2D eigenvalue weighted by molar-refractivity contribution is 0.131. The second-order valence-electron chi connectivity index (χ2n) is 4.77. The maximum atomic E-state index is 11.3. The third kappa shape index (κ3) is 2.30. The van der Waals surface area contributed by atoms with Crippen molar-refractivity contribution in [3.8, 4) is 0 Å². The van der Waals surface area contributed by atoms with Crippen LogP contribution >= 0.6 is 0 Å². The van der Waals surface area contributed by atoms with Crippen molar-refractivity contribution in [1.29, 1.82) is 0 Å². The van der Waals surface area contributed by atoms with Gasteiger partial charge in [-0.3, -0.25) is 4.90 Å². The lowest BCUT2D eigenvalue weighted by Gasteiger charge is -2.26. The highest BCUT2D eigenvalue weighted by molar-refractivity contribution is 5.76. The normalized spacial score (nSPS) is 31.1. The van der Waals surface area contributed by atoms with Gasteiger partial charge < -0.3 is 15.3 Å². The first kappa shape index (κ1) is 11.7. The van der Waals surface area contributed by atoms with Gasteiger partial charge in [0.05, 0.1) is 6.61 Å². The van der Waals surface area contributed by atoms with Gasteiger partial charge in [-0.25, -0.2) is 4.79 Å². The number of aliphatic hydroxyl groups excluding tert-OH is 1. The summed E-state index contributed by atoms with van der Waals surface area (Å²) in [7, 11) is 0. The maximum Gasteiger partial charge on any atom is 0.317 e. The standard InChI is InChI=1S/C11H21N3O2/c1-9-2-4-13(10(9)8-15)6-7-14-5-3-12-11(14)16/h9-10,15H,2-8H2,1H3,(H,12,16). The molecule has 2 rings (SSSR count). The Bertz CT molecular complexity index is 260. The van der Waals surface area contributed by atoms with E-state index in [2.05, 4.69) is 17.1 Å². The van der Waals surface area contributed by atoms with Crippen LogP contribution in [0.3, 0.4) is 0 Å². The van der Waals surface area contributed by atoms with E-state index in [0.29, 0.717) is 5.92 Å². The number of urea groups is 1. The van der Waals surface area contributed by atoms with Crippen molar-refractivity contribution in [3.05, 3.63) is 0 Å². The van der Waals surface area contributed by atoms with E-state index in [9.17, 15) is 9.90 Å². The molecule has 0 aromatic heterocycles. The average molecular weight is 227 g/mol. The summed E-state index contributed by atoms with van der Waals surface area (Å²) in [6, 6.07) is 0.332. The molecule has 2 amide bonds. The van der Waals surface area contributed by atoms with Crippen LogP contribution in [0.4, 0.5) is 4.79 Å². The Labute approximate surface area is 96.4 Å². The van der Waals surface area contributed by atoms with E-state index >= 15 is 0 Å². The summed E-state index contributed by atoms with van der Waals surface area (Å²) in [6.45, 7) is 6.68. The highest BCUT2D eigenvalue weighted by Crippen LogP contribution is 2.22. The van der Waals surface area contributed by atoms with Gasteiger partial charge in [-0.2, -0.15) is 0 Å². The zero-order valence-electron chi connectivity index (χ0n) is 9.85. The van der Waals surface area contributed by atoms with Gasteiger partial charge in [0, 0.05) is 32.2 Å². The van der Waals surface area contributed by atoms with E-state index in [1.807, 2.05) is 4.90 Å². The summed E-state index contributed by atoms with van der Waals surface area (Å²) in [4.78, 5) is 15.5. The quantitative estimate of drug-likeness (QED) is 0.694. The van der Waals surface area contributed by atoms with Crippen molar-refractivity contribution in [2.75, 3.05) is 39.3 Å². The van der Waals surface area contributed by atoms with Gasteiger partial charge >= 0.3 is 6.03 Å². The Kier molecular flexibility index (Phi) is 3.66. The Morgan fingerprint density at radius 2 is 2.25 bits per heavy atom. The Morgan fingerprint density at radius 3 is 2.88 bits per heavy atom. The first-order valence-electron chi connectivity index (χ1n) is 6.10. The molecule has 5 heteroatoms. The Balaban J connectivity index is 1.79. The first-order chi connectivity index (χ1) is 7.72. The molecule has 0 spiro atoms. The Morgan fingerprint density at radius 1 is 1.44 bits per heavy atom. The fourth-order valence-corrected chi connectivity index (χ4v) is 2.63. The second kappa shape index (κ2) is 5.01. The molecule has 92 valence electrons. The molecule has 2 atom stereocenters. The van der Waals surface area contributed by atoms with Crippen molar-refractivity contribution in [3.63, 3.8) is 0 Å². The third-order valence-electron chi connectivity index (χ3n) is 3.79. The molecular formula is C11H21N3O2. The number of nitrogens with zero attached hydrogens (tertiary/aromatic N) is 2. The number of aliphatic hydroxyl groups is 1. The first-order valence-corrected chi connectivity index (χ1v) is 6.10. The fraction of sp³-hybridized carbons (Fsp3) is 0.909. The minimum Gasteiger partial charge on any atom is -0.395 e. The topological polar surface area (TPSA) is 55.8 Å². The molecule has 2 N–H and O–H groups in total. The number of likely N-dealkylation sites (tertiary alicyclic amines) is 1. The monoisotopic (exact) mass is 227 g/mol. The van der Waals surface area contributed by atoms with Crippen molar-refractivity contribution >= 4 is 6.03 Å². The number of hydrogen-bond donors (Lipinski definition) is 2. The lowest BCUT2D eigenvalue weighted by atomic mass is 10.0. The molecule has 0 saturated carbocycles. The molecule has 0 radical (unpaired) electrons. The van der Waals surface area contributed by atoms with E-state index < -0.39 is 0 Å². The summed E-state index contributed by atoms with van der Waals surface area (Å²) in [6.07, 6.45) is 1.15. The van der Waals surface area contributed by atoms with Gasteiger partial charge in [-0.15, -0.1) is 0 Å². The molecule has 2 saturated heterocycles. The molecule has 2 aliphatic heterocycles. The number of rotatable bonds is 4. The van der Waals surface area contributed by atoms with Crippen molar-refractivity contribution in [2.24, 2.45) is 5.92 Å². The number of carbonyl (C=O) groups excluding carboxylic acids is 1. The SMILES string of the molecule is CC1CCN(CCN2CCNC2=O)C1CO. The number of nitrogens with one attached hydrogen (secondary N) is 1. The lowest BCUT2D eigenvalue weighted by Crippen LogP contribution is -2.41. The van der Waals surface area contributed by atoms with Gasteiger partial charge in [-0.1, -0.05) is 6.92 Å². The van der Waals surface area contributed by atoms with E-state index in [1.165, 1.54) is 0 Å². The molecule has 2 heterocycles. The van der Waals surface area contributed by atoms with Crippen LogP contribution in [0.2, 0.25) is 0 Å². The molecule has 2 unspecified atom stereocenters. The zero-order valence-corrected chi connectivity index (χ0v) is 9.85. The van der Waals surface area contributed by atoms with Crippen LogP contribution in [0.1, 0.15) is 13.3 Å². The highest BCUT2D eigenvalue weighted by Gasteiger charge is 2.31. The molecule has 0 aliphatic carbocycles. The molecule has 0 aromatic rings. The molecule has 0 bridgehead atoms. The van der Waals surface area contributed by atoms with Crippen LogP contribution < -0.4 is 5.32 Å². The predicted molar refractivity (Wildman–Crippen MR) is 61.2 cm³/mol. The summed E-state index contributed by atoms with van der Waals surface area (Å²) >= 11 is 0. The minimum atomic E-state index is 0.0489. The van der Waals surface area contributed by atoms with Crippen molar-refractivity contribution < 1.29 is 9.90 Å². The van der Waals surface area contributed by atoms with Crippen LogP contribution in [-0.2, 0) is 0 Å². The third-order valence-corrected chi connectivity index (χ3v) is 3.79. The van der Waals surface area contributed by atoms with Gasteiger partial charge in [0.1, 0.15) is 0 Å².